The summed E-state index contributed by atoms with van der Waals surface area (Å²) in [5.74, 6) is -1.22. The third-order valence-corrected chi connectivity index (χ3v) is 14.1. The second-order valence-electron chi connectivity index (χ2n) is 21.1. The lowest BCUT2D eigenvalue weighted by Crippen LogP contribution is -2.61. The van der Waals surface area contributed by atoms with Gasteiger partial charge in [0.05, 0.1) is 25.4 Å². The highest BCUT2D eigenvalue weighted by atomic mass is 16.7. The summed E-state index contributed by atoms with van der Waals surface area (Å²) in [6.45, 7) is 5.70. The minimum atomic E-state index is -1.62. The van der Waals surface area contributed by atoms with E-state index in [0.717, 1.165) is 116 Å². The van der Waals surface area contributed by atoms with Crippen molar-refractivity contribution in [2.75, 3.05) is 13.2 Å². The lowest BCUT2D eigenvalue weighted by Gasteiger charge is -2.41. The predicted octanol–water partition coefficient (Wildman–Crippen LogP) is 14.4. The fourth-order valence-electron chi connectivity index (χ4n) is 9.14. The summed E-state index contributed by atoms with van der Waals surface area (Å²) in [7, 11) is 0. The first-order chi connectivity index (χ1) is 36.7. The molecule has 0 aromatic carbocycles. The molecule has 434 valence electrons. The summed E-state index contributed by atoms with van der Waals surface area (Å²) >= 11 is 0. The largest absolute Gasteiger partial charge is 0.454 e. The van der Waals surface area contributed by atoms with Crippen LogP contribution in [0.15, 0.2) is 72.9 Å². The SMILES string of the molecule is CCCC/C=C\CCCCCCCC(=O)OC1C(OCC(NC(=O)C(O)CCCCCCCC/C=C\C/C=C\C/C=C\C/C=C\CCCCC)C(O)/C=C/CCCCCCCCCCCCC)OC(CO)C(O)C1O. The summed E-state index contributed by atoms with van der Waals surface area (Å²) in [5.41, 5.74) is 0. The van der Waals surface area contributed by atoms with Gasteiger partial charge in [0.25, 0.3) is 0 Å². The lowest BCUT2D eigenvalue weighted by atomic mass is 9.99. The van der Waals surface area contributed by atoms with E-state index in [1.165, 1.54) is 96.3 Å². The van der Waals surface area contributed by atoms with Crippen LogP contribution >= 0.6 is 0 Å². The fourth-order valence-corrected chi connectivity index (χ4v) is 9.14. The molecule has 0 spiro atoms. The molecule has 8 unspecified atom stereocenters. The van der Waals surface area contributed by atoms with Crippen LogP contribution in [0.25, 0.3) is 0 Å². The minimum absolute atomic E-state index is 0.109. The maximum Gasteiger partial charge on any atom is 0.306 e. The Morgan fingerprint density at radius 3 is 1.45 bits per heavy atom. The third-order valence-electron chi connectivity index (χ3n) is 14.1. The van der Waals surface area contributed by atoms with Gasteiger partial charge in [0, 0.05) is 6.42 Å². The Labute approximate surface area is 458 Å². The molecule has 75 heavy (non-hydrogen) atoms. The molecule has 6 N–H and O–H groups in total. The topological polar surface area (TPSA) is 175 Å². The molecule has 0 saturated carbocycles. The van der Waals surface area contributed by atoms with E-state index in [4.69, 9.17) is 14.2 Å². The molecule has 1 aliphatic heterocycles. The molecule has 0 aromatic heterocycles. The number of aliphatic hydroxyl groups excluding tert-OH is 5. The summed E-state index contributed by atoms with van der Waals surface area (Å²) in [5, 5.41) is 56.9. The highest BCUT2D eigenvalue weighted by molar-refractivity contribution is 5.80. The zero-order chi connectivity index (χ0) is 54.7. The molecule has 1 heterocycles. The molecule has 8 atom stereocenters. The van der Waals surface area contributed by atoms with Crippen LogP contribution in [0, 0.1) is 0 Å². The summed E-state index contributed by atoms with van der Waals surface area (Å²) in [4.78, 5) is 26.5. The van der Waals surface area contributed by atoms with Crippen LogP contribution in [0.5, 0.6) is 0 Å². The lowest BCUT2D eigenvalue weighted by molar-refractivity contribution is -0.305. The monoisotopic (exact) mass is 1060 g/mol. The van der Waals surface area contributed by atoms with E-state index in [1.54, 1.807) is 6.08 Å². The van der Waals surface area contributed by atoms with Crippen LogP contribution in [-0.2, 0) is 23.8 Å². The van der Waals surface area contributed by atoms with E-state index in [2.05, 4.69) is 86.8 Å². The maximum atomic E-state index is 13.4. The molecule has 0 aliphatic carbocycles. The quantitative estimate of drug-likeness (QED) is 0.0195. The van der Waals surface area contributed by atoms with Gasteiger partial charge in [0.15, 0.2) is 12.4 Å². The van der Waals surface area contributed by atoms with Crippen LogP contribution < -0.4 is 5.32 Å². The van der Waals surface area contributed by atoms with Crippen molar-refractivity contribution in [1.82, 2.24) is 5.32 Å². The van der Waals surface area contributed by atoms with Gasteiger partial charge in [-0.25, -0.2) is 0 Å². The van der Waals surface area contributed by atoms with Crippen LogP contribution in [0.1, 0.15) is 258 Å². The summed E-state index contributed by atoms with van der Waals surface area (Å²) in [6, 6.07) is -1.03. The van der Waals surface area contributed by atoms with Crippen LogP contribution in [-0.4, -0.2) is 99.6 Å². The molecular weight excluding hydrogens is 943 g/mol. The van der Waals surface area contributed by atoms with Crippen LogP contribution in [0.3, 0.4) is 0 Å². The van der Waals surface area contributed by atoms with Crippen molar-refractivity contribution in [2.45, 2.75) is 307 Å². The van der Waals surface area contributed by atoms with Gasteiger partial charge in [-0.05, 0) is 89.9 Å². The number of hydrogen-bond acceptors (Lipinski definition) is 10. The van der Waals surface area contributed by atoms with Gasteiger partial charge in [-0.15, -0.1) is 0 Å². The Bertz CT molecular complexity index is 1490. The third kappa shape index (κ3) is 40.0. The molecule has 11 nitrogen and oxygen atoms in total. The van der Waals surface area contributed by atoms with E-state index < -0.39 is 67.4 Å². The Balaban J connectivity index is 2.69. The van der Waals surface area contributed by atoms with E-state index >= 15 is 0 Å². The van der Waals surface area contributed by atoms with Crippen molar-refractivity contribution in [1.29, 1.82) is 0 Å². The van der Waals surface area contributed by atoms with Gasteiger partial charge >= 0.3 is 5.97 Å². The first-order valence-electron chi connectivity index (χ1n) is 30.7. The fraction of sp³-hybridized carbons (Fsp3) is 0.781. The zero-order valence-electron chi connectivity index (χ0n) is 47.9. The first kappa shape index (κ1) is 70.1. The van der Waals surface area contributed by atoms with Gasteiger partial charge in [-0.2, -0.15) is 0 Å². The van der Waals surface area contributed by atoms with Crippen molar-refractivity contribution in [3.05, 3.63) is 72.9 Å². The van der Waals surface area contributed by atoms with Crippen molar-refractivity contribution in [2.24, 2.45) is 0 Å². The van der Waals surface area contributed by atoms with Crippen LogP contribution in [0.2, 0.25) is 0 Å². The Morgan fingerprint density at radius 1 is 0.520 bits per heavy atom. The second kappa shape index (κ2) is 51.8. The molecule has 1 aliphatic rings. The van der Waals surface area contributed by atoms with Crippen molar-refractivity contribution in [3.8, 4) is 0 Å². The average molecular weight is 1060 g/mol. The predicted molar refractivity (Wildman–Crippen MR) is 310 cm³/mol. The van der Waals surface area contributed by atoms with E-state index in [9.17, 15) is 35.1 Å². The number of carbonyl (C=O) groups excluding carboxylic acids is 2. The number of rotatable bonds is 51. The molecule has 0 radical (unpaired) electrons. The number of carbonyl (C=O) groups is 2. The normalized spacial score (nSPS) is 19.7. The number of hydrogen-bond donors (Lipinski definition) is 6. The Kier molecular flexibility index (Phi) is 48.5. The van der Waals surface area contributed by atoms with E-state index in [1.807, 2.05) is 6.08 Å². The Morgan fingerprint density at radius 2 is 0.933 bits per heavy atom. The first-order valence-corrected chi connectivity index (χ1v) is 30.7. The molecule has 1 rings (SSSR count). The number of allylic oxidation sites excluding steroid dienone is 11. The highest BCUT2D eigenvalue weighted by Gasteiger charge is 2.47. The molecule has 1 saturated heterocycles. The van der Waals surface area contributed by atoms with E-state index in [0.29, 0.717) is 12.8 Å². The van der Waals surface area contributed by atoms with Crippen molar-refractivity contribution < 1.29 is 49.3 Å². The maximum absolute atomic E-state index is 13.4. The summed E-state index contributed by atoms with van der Waals surface area (Å²) in [6.07, 6.45) is 55.1. The molecular formula is C64H113NO10. The Hall–Kier alpha value is -2.90. The van der Waals surface area contributed by atoms with Crippen molar-refractivity contribution >= 4 is 11.9 Å². The summed E-state index contributed by atoms with van der Waals surface area (Å²) < 4.78 is 17.6. The number of amides is 1. The zero-order valence-corrected chi connectivity index (χ0v) is 47.9. The molecule has 0 aromatic rings. The second-order valence-corrected chi connectivity index (χ2v) is 21.1. The van der Waals surface area contributed by atoms with E-state index in [-0.39, 0.29) is 19.4 Å². The number of esters is 1. The van der Waals surface area contributed by atoms with Crippen molar-refractivity contribution in [3.63, 3.8) is 0 Å². The number of unbranched alkanes of at least 4 members (excludes halogenated alkanes) is 27. The smallest absolute Gasteiger partial charge is 0.306 e. The minimum Gasteiger partial charge on any atom is -0.454 e. The van der Waals surface area contributed by atoms with Gasteiger partial charge < -0.3 is 45.1 Å². The van der Waals surface area contributed by atoms with Crippen LogP contribution in [0.4, 0.5) is 0 Å². The average Bonchev–Trinajstić information content (AvgIpc) is 3.41. The number of aliphatic hydroxyl groups is 5. The standard InChI is InChI=1S/C64H113NO10/c1-4-7-10-13-16-19-22-24-25-26-27-28-29-30-31-32-34-37-39-42-45-48-51-57(68)63(72)65-55(56(67)50-47-44-41-38-36-33-23-20-17-14-11-8-5-2)54-73-64-62(61(71)60(70)58(53-66)74-64)75-59(69)52-49-46-43-40-35-21-18-15-12-9-6-3/h15-16,18-19,24-25,27-28,30-31,47,50,55-58,60-62,64,66-68,70-71H,4-14,17,20-23,26,29,32-46,48-49,51-54H2,1-3H3,(H,65,72)/b18-15-,19-16-,25-24-,28-27-,31-30-,50-47+. The molecule has 1 amide bonds. The molecule has 0 bridgehead atoms. The highest BCUT2D eigenvalue weighted by Crippen LogP contribution is 2.26. The molecule has 11 heteroatoms. The molecule has 1 fully saturated rings. The van der Waals surface area contributed by atoms with Gasteiger partial charge in [0.1, 0.15) is 24.4 Å². The van der Waals surface area contributed by atoms with Gasteiger partial charge in [-0.1, -0.05) is 235 Å². The van der Waals surface area contributed by atoms with Gasteiger partial charge in [0.2, 0.25) is 5.91 Å². The number of nitrogens with one attached hydrogen (secondary N) is 1. The number of ether oxygens (including phenoxy) is 3. The van der Waals surface area contributed by atoms with Gasteiger partial charge in [-0.3, -0.25) is 9.59 Å².